The summed E-state index contributed by atoms with van der Waals surface area (Å²) in [4.78, 5) is 10.2. The third-order valence-corrected chi connectivity index (χ3v) is 4.87. The van der Waals surface area contributed by atoms with E-state index >= 15 is 0 Å². The number of rotatable bonds is 1. The zero-order chi connectivity index (χ0) is 5.98. The molecule has 3 heteroatoms. The molecule has 0 saturated carbocycles. The van der Waals surface area contributed by atoms with Gasteiger partial charge in [-0.25, -0.2) is 0 Å². The Bertz CT molecular complexity index is 139. The van der Waals surface area contributed by atoms with Crippen LogP contribution in [0.15, 0.2) is 11.6 Å². The van der Waals surface area contributed by atoms with Crippen molar-refractivity contribution < 1.29 is 9.90 Å². The maximum atomic E-state index is 10.2. The van der Waals surface area contributed by atoms with Crippen LogP contribution in [0.1, 0.15) is 0 Å². The molecule has 1 heterocycles. The molecule has 0 fully saturated rings. The van der Waals surface area contributed by atoms with Crippen LogP contribution < -0.4 is 0 Å². The van der Waals surface area contributed by atoms with Gasteiger partial charge in [0.2, 0.25) is 0 Å². The standard InChI is InChI=1S/C5H6O2.In/c1-3-4(2)5(6)7;/h3H,1-2H2,(H,6,7);. The fourth-order valence-corrected chi connectivity index (χ4v) is 4.35. The first-order valence-corrected chi connectivity index (χ1v) is 7.21. The maximum absolute atomic E-state index is 10.2. The van der Waals surface area contributed by atoms with Crippen LogP contribution in [0.3, 0.4) is 0 Å². The van der Waals surface area contributed by atoms with Gasteiger partial charge in [0.1, 0.15) is 0 Å². The van der Waals surface area contributed by atoms with E-state index < -0.39 is 28.9 Å². The molecule has 0 spiro atoms. The third kappa shape index (κ3) is 1.28. The van der Waals surface area contributed by atoms with Gasteiger partial charge in [-0.1, -0.05) is 0 Å². The van der Waals surface area contributed by atoms with E-state index in [-0.39, 0.29) is 0 Å². The Morgan fingerprint density at radius 3 is 2.88 bits per heavy atom. The summed E-state index contributed by atoms with van der Waals surface area (Å²) in [6, 6.07) is 0. The van der Waals surface area contributed by atoms with E-state index in [9.17, 15) is 4.79 Å². The van der Waals surface area contributed by atoms with Crippen molar-refractivity contribution in [3.63, 3.8) is 0 Å². The van der Waals surface area contributed by atoms with Crippen molar-refractivity contribution in [2.24, 2.45) is 0 Å². The molecular formula is C5H6InO2. The van der Waals surface area contributed by atoms with Gasteiger partial charge in [0.25, 0.3) is 0 Å². The van der Waals surface area contributed by atoms with E-state index in [0.29, 0.717) is 5.57 Å². The molecule has 0 unspecified atom stereocenters. The second-order valence-electron chi connectivity index (χ2n) is 1.76. The van der Waals surface area contributed by atoms with Gasteiger partial charge in [-0.2, -0.15) is 0 Å². The summed E-state index contributed by atoms with van der Waals surface area (Å²) in [5.41, 5.74) is 0.672. The van der Waals surface area contributed by atoms with Crippen molar-refractivity contribution in [3.8, 4) is 0 Å². The monoisotopic (exact) mass is 213 g/mol. The third-order valence-electron chi connectivity index (χ3n) is 1.17. The van der Waals surface area contributed by atoms with E-state index in [1.165, 1.54) is 0 Å². The van der Waals surface area contributed by atoms with Crippen LogP contribution in [0.4, 0.5) is 0 Å². The van der Waals surface area contributed by atoms with Crippen LogP contribution in [0.25, 0.3) is 0 Å². The molecule has 1 rings (SSSR count). The van der Waals surface area contributed by atoms with E-state index in [1.807, 2.05) is 6.08 Å². The molecule has 1 N–H and O–H groups in total. The molecule has 0 atom stereocenters. The topological polar surface area (TPSA) is 37.3 Å². The first-order chi connectivity index (χ1) is 3.80. The summed E-state index contributed by atoms with van der Waals surface area (Å²) in [6.07, 6.45) is 1.88. The summed E-state index contributed by atoms with van der Waals surface area (Å²) in [7, 11) is 0. The normalized spacial score (nSPS) is 17.2. The summed E-state index contributed by atoms with van der Waals surface area (Å²) in [5.74, 6) is -0.700. The molecule has 0 aromatic heterocycles. The van der Waals surface area contributed by atoms with Gasteiger partial charge in [0.15, 0.2) is 0 Å². The quantitative estimate of drug-likeness (QED) is 0.690. The van der Waals surface area contributed by atoms with Crippen molar-refractivity contribution in [3.05, 3.63) is 11.6 Å². The van der Waals surface area contributed by atoms with Crippen LogP contribution in [-0.2, 0) is 4.79 Å². The first-order valence-electron chi connectivity index (χ1n) is 2.54. The molecule has 0 aromatic rings. The summed E-state index contributed by atoms with van der Waals surface area (Å²) in [5, 5.41) is 8.38. The minimum atomic E-state index is -0.700. The zero-order valence-corrected chi connectivity index (χ0v) is 7.72. The van der Waals surface area contributed by atoms with Crippen LogP contribution in [0.2, 0.25) is 8.35 Å². The molecule has 0 aromatic carbocycles. The molecule has 0 amide bonds. The van der Waals surface area contributed by atoms with E-state index in [0.717, 1.165) is 8.35 Å². The zero-order valence-electron chi connectivity index (χ0n) is 4.42. The Hall–Kier alpha value is 0.0801. The van der Waals surface area contributed by atoms with Gasteiger partial charge < -0.3 is 0 Å². The van der Waals surface area contributed by atoms with Gasteiger partial charge in [0, 0.05) is 0 Å². The van der Waals surface area contributed by atoms with Gasteiger partial charge >= 0.3 is 58.8 Å². The average Bonchev–Trinajstić information content (AvgIpc) is 2.12. The van der Waals surface area contributed by atoms with Crippen molar-refractivity contribution >= 4 is 28.9 Å². The van der Waals surface area contributed by atoms with Gasteiger partial charge in [-0.05, 0) is 0 Å². The summed E-state index contributed by atoms with van der Waals surface area (Å²) >= 11 is -0.402. The SMILES string of the molecule is O=C(O)C1=C[CH2][In][CH2]1. The number of allylic oxidation sites excluding steroid dienone is 1. The molecule has 0 bridgehead atoms. The van der Waals surface area contributed by atoms with Crippen LogP contribution in [0, 0.1) is 0 Å². The van der Waals surface area contributed by atoms with Crippen molar-refractivity contribution in [2.75, 3.05) is 0 Å². The fourth-order valence-electron chi connectivity index (χ4n) is 0.722. The average molecular weight is 213 g/mol. The number of carbonyl (C=O) groups is 1. The van der Waals surface area contributed by atoms with E-state index in [4.69, 9.17) is 5.11 Å². The molecular weight excluding hydrogens is 207 g/mol. The number of carboxylic acid groups (broad SMARTS) is 1. The van der Waals surface area contributed by atoms with Crippen molar-refractivity contribution in [1.29, 1.82) is 0 Å². The number of hydrogen-bond acceptors (Lipinski definition) is 1. The van der Waals surface area contributed by atoms with Crippen LogP contribution in [-0.4, -0.2) is 34.0 Å². The van der Waals surface area contributed by atoms with Gasteiger partial charge in [-0.3, -0.25) is 0 Å². The molecule has 2 nitrogen and oxygen atoms in total. The molecule has 0 saturated heterocycles. The molecule has 8 heavy (non-hydrogen) atoms. The number of hydrogen-bond donors (Lipinski definition) is 1. The Balaban J connectivity index is 2.57. The molecule has 1 aliphatic heterocycles. The summed E-state index contributed by atoms with van der Waals surface area (Å²) < 4.78 is 2.09. The Kier molecular flexibility index (Phi) is 2.00. The summed E-state index contributed by atoms with van der Waals surface area (Å²) in [6.45, 7) is 0. The Labute approximate surface area is 58.9 Å². The Morgan fingerprint density at radius 2 is 2.62 bits per heavy atom. The van der Waals surface area contributed by atoms with Crippen LogP contribution >= 0.6 is 0 Å². The molecule has 1 aliphatic rings. The predicted molar refractivity (Wildman–Crippen MR) is 31.1 cm³/mol. The number of carboxylic acids is 1. The van der Waals surface area contributed by atoms with Crippen molar-refractivity contribution in [1.82, 2.24) is 0 Å². The van der Waals surface area contributed by atoms with Gasteiger partial charge in [0.05, 0.1) is 0 Å². The van der Waals surface area contributed by atoms with Gasteiger partial charge in [-0.15, -0.1) is 0 Å². The fraction of sp³-hybridized carbons (Fsp3) is 0.400. The molecule has 41 valence electrons. The minimum absolute atomic E-state index is 0.402. The van der Waals surface area contributed by atoms with Crippen molar-refractivity contribution in [2.45, 2.75) is 8.35 Å². The molecule has 1 radical (unpaired) electrons. The predicted octanol–water partition coefficient (Wildman–Crippen LogP) is 0.552. The van der Waals surface area contributed by atoms with Crippen LogP contribution in [0.5, 0.6) is 0 Å². The Morgan fingerprint density at radius 1 is 1.88 bits per heavy atom. The number of aliphatic carboxylic acids is 1. The second-order valence-corrected chi connectivity index (χ2v) is 5.92. The van der Waals surface area contributed by atoms with E-state index in [2.05, 4.69) is 0 Å². The first kappa shape index (κ1) is 6.20. The second kappa shape index (κ2) is 2.58. The molecule has 0 aliphatic carbocycles. The van der Waals surface area contributed by atoms with E-state index in [1.54, 1.807) is 0 Å².